The molecule has 0 radical (unpaired) electrons. The Hall–Kier alpha value is -0.620. The molecule has 0 saturated heterocycles. The van der Waals surface area contributed by atoms with Crippen LogP contribution in [0.5, 0.6) is 0 Å². The molecular formula is C6H9NOS. The fraction of sp³-hybridized carbons (Fsp3) is 0.500. The standard InChI is InChI=1S/C6H9NOS/c1-9(8)6-4-2-3-5-7/h4,6H,2-3H2,1H3/t9-/m0/s1. The highest BCUT2D eigenvalue weighted by atomic mass is 32.2. The van der Waals surface area contributed by atoms with Crippen LogP contribution in [0, 0.1) is 11.3 Å². The van der Waals surface area contributed by atoms with Crippen LogP contribution in [0.15, 0.2) is 11.5 Å². The maximum absolute atomic E-state index is 10.3. The summed E-state index contributed by atoms with van der Waals surface area (Å²) in [6, 6.07) is 1.99. The third kappa shape index (κ3) is 7.38. The van der Waals surface area contributed by atoms with Crippen molar-refractivity contribution in [3.8, 4) is 6.07 Å². The van der Waals surface area contributed by atoms with Crippen molar-refractivity contribution in [1.29, 1.82) is 5.26 Å². The molecule has 0 rings (SSSR count). The highest BCUT2D eigenvalue weighted by molar-refractivity contribution is 7.87. The van der Waals surface area contributed by atoms with Gasteiger partial charge in [-0.1, -0.05) is 6.08 Å². The summed E-state index contributed by atoms with van der Waals surface area (Å²) in [4.78, 5) is 0. The molecule has 0 unspecified atom stereocenters. The number of rotatable bonds is 3. The molecule has 0 fully saturated rings. The summed E-state index contributed by atoms with van der Waals surface area (Å²) in [6.45, 7) is 0. The highest BCUT2D eigenvalue weighted by Crippen LogP contribution is 1.88. The summed E-state index contributed by atoms with van der Waals surface area (Å²) in [5, 5.41) is 9.67. The molecule has 1 atom stereocenters. The van der Waals surface area contributed by atoms with Gasteiger partial charge in [0, 0.05) is 23.5 Å². The van der Waals surface area contributed by atoms with Crippen LogP contribution in [-0.2, 0) is 10.8 Å². The van der Waals surface area contributed by atoms with Crippen LogP contribution in [-0.4, -0.2) is 10.5 Å². The topological polar surface area (TPSA) is 40.9 Å². The SMILES string of the molecule is C[S@](=O)C=CCCC#N. The summed E-state index contributed by atoms with van der Waals surface area (Å²) in [6.07, 6.45) is 4.58. The van der Waals surface area contributed by atoms with E-state index in [1.165, 1.54) is 0 Å². The Morgan fingerprint density at radius 2 is 2.44 bits per heavy atom. The average Bonchev–Trinajstić information content (AvgIpc) is 1.80. The minimum Gasteiger partial charge on any atom is -0.255 e. The second-order valence-corrected chi connectivity index (χ2v) is 2.84. The Morgan fingerprint density at radius 3 is 2.89 bits per heavy atom. The van der Waals surface area contributed by atoms with Crippen LogP contribution in [0.2, 0.25) is 0 Å². The van der Waals surface area contributed by atoms with E-state index < -0.39 is 10.8 Å². The molecule has 0 N–H and O–H groups in total. The first-order valence-corrected chi connectivity index (χ1v) is 4.25. The monoisotopic (exact) mass is 143 g/mol. The maximum atomic E-state index is 10.3. The Balaban J connectivity index is 3.28. The largest absolute Gasteiger partial charge is 0.255 e. The predicted octanol–water partition coefficient (Wildman–Crippen LogP) is 1.18. The number of nitriles is 1. The van der Waals surface area contributed by atoms with Crippen LogP contribution < -0.4 is 0 Å². The van der Waals surface area contributed by atoms with Crippen molar-refractivity contribution in [3.05, 3.63) is 11.5 Å². The van der Waals surface area contributed by atoms with Crippen molar-refractivity contribution in [2.75, 3.05) is 6.26 Å². The van der Waals surface area contributed by atoms with Crippen LogP contribution >= 0.6 is 0 Å². The van der Waals surface area contributed by atoms with E-state index in [1.807, 2.05) is 6.07 Å². The molecule has 0 saturated carbocycles. The molecule has 2 nitrogen and oxygen atoms in total. The van der Waals surface area contributed by atoms with Crippen molar-refractivity contribution in [2.24, 2.45) is 0 Å². The Labute approximate surface area is 57.6 Å². The van der Waals surface area contributed by atoms with Gasteiger partial charge in [0.2, 0.25) is 0 Å². The lowest BCUT2D eigenvalue weighted by Gasteiger charge is -1.79. The van der Waals surface area contributed by atoms with Gasteiger partial charge in [0.25, 0.3) is 0 Å². The number of unbranched alkanes of at least 4 members (excludes halogenated alkanes) is 1. The van der Waals surface area contributed by atoms with Crippen molar-refractivity contribution >= 4 is 10.8 Å². The van der Waals surface area contributed by atoms with E-state index in [0.717, 1.165) is 0 Å². The lowest BCUT2D eigenvalue weighted by atomic mass is 10.3. The molecule has 0 amide bonds. The van der Waals surface area contributed by atoms with Crippen LogP contribution in [0.4, 0.5) is 0 Å². The average molecular weight is 143 g/mol. The third-order valence-electron chi connectivity index (χ3n) is 0.711. The van der Waals surface area contributed by atoms with E-state index in [-0.39, 0.29) is 0 Å². The summed E-state index contributed by atoms with van der Waals surface area (Å²) in [7, 11) is -0.859. The van der Waals surface area contributed by atoms with Crippen molar-refractivity contribution in [1.82, 2.24) is 0 Å². The molecule has 0 aromatic carbocycles. The van der Waals surface area contributed by atoms with Crippen molar-refractivity contribution < 1.29 is 4.21 Å². The first-order valence-electron chi connectivity index (χ1n) is 2.63. The molecule has 0 spiro atoms. The van der Waals surface area contributed by atoms with E-state index in [1.54, 1.807) is 17.7 Å². The van der Waals surface area contributed by atoms with Gasteiger partial charge < -0.3 is 0 Å². The molecule has 3 heteroatoms. The van der Waals surface area contributed by atoms with Gasteiger partial charge in [-0.25, -0.2) is 0 Å². The summed E-state index contributed by atoms with van der Waals surface area (Å²) in [5.74, 6) is 0. The zero-order valence-corrected chi connectivity index (χ0v) is 6.15. The molecular weight excluding hydrogens is 134 g/mol. The van der Waals surface area contributed by atoms with E-state index in [2.05, 4.69) is 0 Å². The lowest BCUT2D eigenvalue weighted by molar-refractivity contribution is 0.691. The first kappa shape index (κ1) is 8.38. The predicted molar refractivity (Wildman–Crippen MR) is 38.1 cm³/mol. The van der Waals surface area contributed by atoms with Gasteiger partial charge in [-0.2, -0.15) is 5.26 Å². The normalized spacial score (nSPS) is 13.3. The second-order valence-electron chi connectivity index (χ2n) is 1.57. The zero-order chi connectivity index (χ0) is 7.11. The summed E-state index contributed by atoms with van der Waals surface area (Å²) >= 11 is 0. The molecule has 0 aliphatic rings. The molecule has 50 valence electrons. The summed E-state index contributed by atoms with van der Waals surface area (Å²) < 4.78 is 10.3. The number of hydrogen-bond acceptors (Lipinski definition) is 2. The minimum atomic E-state index is -0.859. The lowest BCUT2D eigenvalue weighted by Crippen LogP contribution is -1.74. The fourth-order valence-corrected chi connectivity index (χ4v) is 0.759. The number of hydrogen-bond donors (Lipinski definition) is 0. The van der Waals surface area contributed by atoms with E-state index in [0.29, 0.717) is 12.8 Å². The van der Waals surface area contributed by atoms with Gasteiger partial charge in [-0.15, -0.1) is 0 Å². The summed E-state index contributed by atoms with van der Waals surface area (Å²) in [5.41, 5.74) is 0. The fourth-order valence-electron chi connectivity index (χ4n) is 0.351. The van der Waals surface area contributed by atoms with Gasteiger partial charge >= 0.3 is 0 Å². The Kier molecular flexibility index (Phi) is 5.14. The molecule has 0 aromatic heterocycles. The molecule has 0 aliphatic heterocycles. The third-order valence-corrected chi connectivity index (χ3v) is 1.29. The quantitative estimate of drug-likeness (QED) is 0.557. The smallest absolute Gasteiger partial charge is 0.0625 e. The first-order chi connectivity index (χ1) is 4.27. The van der Waals surface area contributed by atoms with Crippen LogP contribution in [0.3, 0.4) is 0 Å². The van der Waals surface area contributed by atoms with Crippen molar-refractivity contribution in [3.63, 3.8) is 0 Å². The molecule has 0 aliphatic carbocycles. The van der Waals surface area contributed by atoms with Gasteiger partial charge in [0.1, 0.15) is 0 Å². The van der Waals surface area contributed by atoms with E-state index in [4.69, 9.17) is 5.26 Å². The second kappa shape index (κ2) is 5.52. The van der Waals surface area contributed by atoms with Gasteiger partial charge in [0.15, 0.2) is 0 Å². The molecule has 9 heavy (non-hydrogen) atoms. The molecule has 0 bridgehead atoms. The van der Waals surface area contributed by atoms with E-state index >= 15 is 0 Å². The maximum Gasteiger partial charge on any atom is 0.0625 e. The van der Waals surface area contributed by atoms with Gasteiger partial charge in [0.05, 0.1) is 6.07 Å². The Morgan fingerprint density at radius 1 is 1.78 bits per heavy atom. The minimum absolute atomic E-state index is 0.508. The van der Waals surface area contributed by atoms with Crippen LogP contribution in [0.25, 0.3) is 0 Å². The Bertz CT molecular complexity index is 157. The zero-order valence-electron chi connectivity index (χ0n) is 5.33. The number of nitrogens with zero attached hydrogens (tertiary/aromatic N) is 1. The highest BCUT2D eigenvalue weighted by Gasteiger charge is 1.78. The molecule has 0 aromatic rings. The van der Waals surface area contributed by atoms with E-state index in [9.17, 15) is 4.21 Å². The van der Waals surface area contributed by atoms with Gasteiger partial charge in [-0.05, 0) is 11.8 Å². The number of allylic oxidation sites excluding steroid dienone is 1. The van der Waals surface area contributed by atoms with Crippen LogP contribution in [0.1, 0.15) is 12.8 Å². The molecule has 0 heterocycles. The van der Waals surface area contributed by atoms with Gasteiger partial charge in [-0.3, -0.25) is 4.21 Å². The van der Waals surface area contributed by atoms with Crippen molar-refractivity contribution in [2.45, 2.75) is 12.8 Å².